The number of nitrogens with two attached hydrogens (primary N) is 1. The van der Waals surface area contributed by atoms with E-state index in [0.29, 0.717) is 12.0 Å². The Morgan fingerprint density at radius 3 is 2.44 bits per heavy atom. The van der Waals surface area contributed by atoms with Crippen molar-refractivity contribution in [1.82, 2.24) is 0 Å². The molecule has 0 saturated carbocycles. The van der Waals surface area contributed by atoms with Gasteiger partial charge in [0.05, 0.1) is 17.7 Å². The number of aliphatic hydroxyl groups excluding tert-OH is 1. The fourth-order valence-electron chi connectivity index (χ4n) is 2.09. The monoisotopic (exact) mass is 246 g/mol. The molecule has 1 aromatic carbocycles. The van der Waals surface area contributed by atoms with E-state index < -0.39 is 6.10 Å². The van der Waals surface area contributed by atoms with Gasteiger partial charge in [-0.3, -0.25) is 0 Å². The summed E-state index contributed by atoms with van der Waals surface area (Å²) in [5, 5.41) is 18.7. The largest absolute Gasteiger partial charge is 0.391 e. The summed E-state index contributed by atoms with van der Waals surface area (Å²) in [6, 6.07) is 9.47. The second-order valence-electron chi connectivity index (χ2n) is 4.89. The van der Waals surface area contributed by atoms with Gasteiger partial charge in [-0.05, 0) is 36.5 Å². The van der Waals surface area contributed by atoms with E-state index in [1.807, 2.05) is 24.3 Å². The predicted octanol–water partition coefficient (Wildman–Crippen LogP) is 2.54. The van der Waals surface area contributed by atoms with Gasteiger partial charge in [0.25, 0.3) is 0 Å². The first kappa shape index (κ1) is 14.7. The molecule has 0 saturated heterocycles. The van der Waals surface area contributed by atoms with E-state index in [9.17, 15) is 5.11 Å². The van der Waals surface area contributed by atoms with Crippen molar-refractivity contribution in [3.05, 3.63) is 35.4 Å². The molecule has 0 aliphatic rings. The number of nitrogens with zero attached hydrogens (tertiary/aromatic N) is 1. The first-order valence-electron chi connectivity index (χ1n) is 6.52. The summed E-state index contributed by atoms with van der Waals surface area (Å²) in [4.78, 5) is 0. The van der Waals surface area contributed by atoms with Gasteiger partial charge in [0.2, 0.25) is 0 Å². The third-order valence-corrected chi connectivity index (χ3v) is 3.32. The van der Waals surface area contributed by atoms with Crippen molar-refractivity contribution in [3.8, 4) is 6.07 Å². The Morgan fingerprint density at radius 1 is 1.33 bits per heavy atom. The van der Waals surface area contributed by atoms with E-state index in [2.05, 4.69) is 19.9 Å². The molecule has 3 N–H and O–H groups in total. The number of hydrogen-bond donors (Lipinski definition) is 2. The first-order chi connectivity index (χ1) is 8.58. The molecule has 1 aromatic rings. The summed E-state index contributed by atoms with van der Waals surface area (Å²) >= 11 is 0. The molecule has 3 nitrogen and oxygen atoms in total. The van der Waals surface area contributed by atoms with Gasteiger partial charge >= 0.3 is 0 Å². The molecule has 0 spiro atoms. The third-order valence-electron chi connectivity index (χ3n) is 3.32. The van der Waals surface area contributed by atoms with Gasteiger partial charge in [-0.15, -0.1) is 0 Å². The summed E-state index contributed by atoms with van der Waals surface area (Å²) in [5.74, 6) is 0.246. The first-order valence-corrected chi connectivity index (χ1v) is 6.52. The summed E-state index contributed by atoms with van der Waals surface area (Å²) in [6.45, 7) is 4.14. The SMILES string of the molecule is CCCC(N)C(O)CC(C)c1ccc(C#N)cc1. The van der Waals surface area contributed by atoms with Gasteiger partial charge in [-0.25, -0.2) is 0 Å². The lowest BCUT2D eigenvalue weighted by Crippen LogP contribution is -2.35. The van der Waals surface area contributed by atoms with Gasteiger partial charge in [0.1, 0.15) is 0 Å². The second kappa shape index (κ2) is 7.15. The Kier molecular flexibility index (Phi) is 5.84. The van der Waals surface area contributed by atoms with Crippen LogP contribution in [0.5, 0.6) is 0 Å². The molecule has 0 fully saturated rings. The number of nitriles is 1. The average Bonchev–Trinajstić information content (AvgIpc) is 2.39. The molecular formula is C15H22N2O. The van der Waals surface area contributed by atoms with Crippen molar-refractivity contribution in [2.45, 2.75) is 51.2 Å². The minimum Gasteiger partial charge on any atom is -0.391 e. The molecule has 3 unspecified atom stereocenters. The second-order valence-corrected chi connectivity index (χ2v) is 4.89. The van der Waals surface area contributed by atoms with E-state index in [-0.39, 0.29) is 12.0 Å². The van der Waals surface area contributed by atoms with Crippen LogP contribution in [0.25, 0.3) is 0 Å². The molecule has 0 bridgehead atoms. The molecule has 1 rings (SSSR count). The van der Waals surface area contributed by atoms with E-state index in [1.54, 1.807) is 0 Å². The van der Waals surface area contributed by atoms with Gasteiger partial charge in [-0.1, -0.05) is 32.4 Å². The summed E-state index contributed by atoms with van der Waals surface area (Å²) in [6.07, 6.45) is 2.04. The lowest BCUT2D eigenvalue weighted by Gasteiger charge is -2.22. The van der Waals surface area contributed by atoms with Crippen LogP contribution in [0.1, 0.15) is 50.2 Å². The quantitative estimate of drug-likeness (QED) is 0.810. The lowest BCUT2D eigenvalue weighted by atomic mass is 9.91. The lowest BCUT2D eigenvalue weighted by molar-refractivity contribution is 0.124. The van der Waals surface area contributed by atoms with Gasteiger partial charge < -0.3 is 10.8 Å². The van der Waals surface area contributed by atoms with Crippen LogP contribution < -0.4 is 5.73 Å². The van der Waals surface area contributed by atoms with Crippen molar-refractivity contribution in [1.29, 1.82) is 5.26 Å². The van der Waals surface area contributed by atoms with Crippen LogP contribution in [-0.2, 0) is 0 Å². The Hall–Kier alpha value is -1.37. The smallest absolute Gasteiger partial charge is 0.0991 e. The van der Waals surface area contributed by atoms with Crippen molar-refractivity contribution in [3.63, 3.8) is 0 Å². The number of aliphatic hydroxyl groups is 1. The molecule has 0 aliphatic carbocycles. The maximum atomic E-state index is 10.0. The number of benzene rings is 1. The van der Waals surface area contributed by atoms with E-state index in [1.165, 1.54) is 0 Å². The Balaban J connectivity index is 2.58. The minimum absolute atomic E-state index is 0.143. The summed E-state index contributed by atoms with van der Waals surface area (Å²) < 4.78 is 0. The van der Waals surface area contributed by atoms with Crippen LogP contribution in [0.2, 0.25) is 0 Å². The van der Waals surface area contributed by atoms with Gasteiger partial charge in [0, 0.05) is 6.04 Å². The zero-order valence-electron chi connectivity index (χ0n) is 11.1. The highest BCUT2D eigenvalue weighted by molar-refractivity contribution is 5.32. The Bertz CT molecular complexity index is 394. The average molecular weight is 246 g/mol. The zero-order valence-corrected chi connectivity index (χ0v) is 11.1. The van der Waals surface area contributed by atoms with Gasteiger partial charge in [0.15, 0.2) is 0 Å². The predicted molar refractivity (Wildman–Crippen MR) is 73.1 cm³/mol. The molecular weight excluding hydrogens is 224 g/mol. The van der Waals surface area contributed by atoms with E-state index >= 15 is 0 Å². The number of hydrogen-bond acceptors (Lipinski definition) is 3. The van der Waals surface area contributed by atoms with Crippen molar-refractivity contribution in [2.24, 2.45) is 5.73 Å². The summed E-state index contributed by atoms with van der Waals surface area (Å²) in [7, 11) is 0. The van der Waals surface area contributed by atoms with E-state index in [0.717, 1.165) is 18.4 Å². The van der Waals surface area contributed by atoms with Crippen molar-refractivity contribution in [2.75, 3.05) is 0 Å². The molecule has 0 heterocycles. The highest BCUT2D eigenvalue weighted by atomic mass is 16.3. The highest BCUT2D eigenvalue weighted by Gasteiger charge is 2.18. The highest BCUT2D eigenvalue weighted by Crippen LogP contribution is 2.22. The van der Waals surface area contributed by atoms with Crippen LogP contribution >= 0.6 is 0 Å². The molecule has 18 heavy (non-hydrogen) atoms. The van der Waals surface area contributed by atoms with E-state index in [4.69, 9.17) is 11.0 Å². The molecule has 98 valence electrons. The third kappa shape index (κ3) is 4.14. The standard InChI is InChI=1S/C15H22N2O/c1-3-4-14(17)15(18)9-11(2)13-7-5-12(10-16)6-8-13/h5-8,11,14-15,18H,3-4,9,17H2,1-2H3. The van der Waals surface area contributed by atoms with Crippen molar-refractivity contribution < 1.29 is 5.11 Å². The van der Waals surface area contributed by atoms with Crippen molar-refractivity contribution >= 4 is 0 Å². The topological polar surface area (TPSA) is 70.0 Å². The van der Waals surface area contributed by atoms with Gasteiger partial charge in [-0.2, -0.15) is 5.26 Å². The van der Waals surface area contributed by atoms with Crippen LogP contribution in [0, 0.1) is 11.3 Å². The maximum absolute atomic E-state index is 10.0. The van der Waals surface area contributed by atoms with Crippen LogP contribution in [-0.4, -0.2) is 17.3 Å². The molecule has 0 aliphatic heterocycles. The normalized spacial score (nSPS) is 15.7. The van der Waals surface area contributed by atoms with Crippen LogP contribution in [0.3, 0.4) is 0 Å². The minimum atomic E-state index is -0.462. The van der Waals surface area contributed by atoms with Crippen LogP contribution in [0.15, 0.2) is 24.3 Å². The fraction of sp³-hybridized carbons (Fsp3) is 0.533. The maximum Gasteiger partial charge on any atom is 0.0991 e. The van der Waals surface area contributed by atoms with Crippen LogP contribution in [0.4, 0.5) is 0 Å². The molecule has 0 amide bonds. The molecule has 0 radical (unpaired) electrons. The Morgan fingerprint density at radius 2 is 1.94 bits per heavy atom. The zero-order chi connectivity index (χ0) is 13.5. The molecule has 0 aromatic heterocycles. The number of rotatable bonds is 6. The fourth-order valence-corrected chi connectivity index (χ4v) is 2.09. The Labute approximate surface area is 109 Å². The summed E-state index contributed by atoms with van der Waals surface area (Å²) in [5.41, 5.74) is 7.70. The molecule has 3 heteroatoms. The molecule has 3 atom stereocenters.